The number of rotatable bonds is 9. The lowest BCUT2D eigenvalue weighted by Gasteiger charge is -2.08. The van der Waals surface area contributed by atoms with E-state index in [1.165, 1.54) is 23.1 Å². The second-order valence-electron chi connectivity index (χ2n) is 7.36. The maximum absolute atomic E-state index is 12.1. The lowest BCUT2D eigenvalue weighted by atomic mass is 10.1. The minimum Gasteiger partial charge on any atom is -0.336 e. The molecule has 0 saturated heterocycles. The van der Waals surface area contributed by atoms with Crippen LogP contribution < -0.4 is 21.4 Å². The molecule has 1 unspecified atom stereocenters. The van der Waals surface area contributed by atoms with E-state index in [1.54, 1.807) is 0 Å². The summed E-state index contributed by atoms with van der Waals surface area (Å²) in [6.45, 7) is 3.80. The molecule has 0 fully saturated rings. The van der Waals surface area contributed by atoms with Crippen LogP contribution in [0.25, 0.3) is 0 Å². The van der Waals surface area contributed by atoms with Crippen LogP contribution >= 0.6 is 23.1 Å². The van der Waals surface area contributed by atoms with Crippen LogP contribution in [0.15, 0.2) is 35.4 Å². The predicted octanol–water partition coefficient (Wildman–Crippen LogP) is 3.07. The molecule has 2 heterocycles. The molecule has 0 saturated carbocycles. The van der Waals surface area contributed by atoms with Crippen LogP contribution in [0.2, 0.25) is 0 Å². The maximum Gasteiger partial charge on any atom is 0.321 e. The molecule has 3 amide bonds. The van der Waals surface area contributed by atoms with Gasteiger partial charge in [0.2, 0.25) is 11.0 Å². The van der Waals surface area contributed by atoms with Crippen LogP contribution in [-0.2, 0) is 17.6 Å². The van der Waals surface area contributed by atoms with Crippen molar-refractivity contribution >= 4 is 45.3 Å². The van der Waals surface area contributed by atoms with Gasteiger partial charge in [0.05, 0.1) is 11.8 Å². The molecule has 9 nitrogen and oxygen atoms in total. The number of hydrogen-bond donors (Lipinski definition) is 4. The van der Waals surface area contributed by atoms with E-state index in [-0.39, 0.29) is 23.4 Å². The Hall–Kier alpha value is -2.66. The zero-order chi connectivity index (χ0) is 22.1. The second-order valence-corrected chi connectivity index (χ2v) is 9.62. The minimum absolute atomic E-state index is 0.0659. The highest BCUT2D eigenvalue weighted by molar-refractivity contribution is 8.14. The Kier molecular flexibility index (Phi) is 8.65. The number of carbonyl (C=O) groups excluding carboxylic acids is 2. The number of amides is 3. The van der Waals surface area contributed by atoms with Gasteiger partial charge in [0.15, 0.2) is 5.17 Å². The van der Waals surface area contributed by atoms with Crippen LogP contribution in [-0.4, -0.2) is 38.7 Å². The predicted molar refractivity (Wildman–Crippen MR) is 125 cm³/mol. The Morgan fingerprint density at radius 1 is 1.13 bits per heavy atom. The van der Waals surface area contributed by atoms with Gasteiger partial charge in [-0.25, -0.2) is 4.79 Å². The number of urea groups is 1. The SMILES string of the molecule is CC(C)NC(=O)Nc1nnc(CCCCC2NN=C(NC(=O)Cc3ccccc3)S2)s1. The summed E-state index contributed by atoms with van der Waals surface area (Å²) in [5, 5.41) is 22.8. The van der Waals surface area contributed by atoms with E-state index in [9.17, 15) is 9.59 Å². The summed E-state index contributed by atoms with van der Waals surface area (Å²) in [6.07, 6.45) is 4.02. The van der Waals surface area contributed by atoms with Crippen molar-refractivity contribution in [1.29, 1.82) is 0 Å². The Labute approximate surface area is 189 Å². The first-order valence-electron chi connectivity index (χ1n) is 10.2. The highest BCUT2D eigenvalue weighted by atomic mass is 32.2. The molecule has 1 aliphatic rings. The third kappa shape index (κ3) is 8.18. The van der Waals surface area contributed by atoms with Gasteiger partial charge in [-0.1, -0.05) is 59.9 Å². The first-order valence-corrected chi connectivity index (χ1v) is 11.9. The first kappa shape index (κ1) is 23.0. The van der Waals surface area contributed by atoms with Gasteiger partial charge in [0.25, 0.3) is 0 Å². The number of benzene rings is 1. The zero-order valence-corrected chi connectivity index (χ0v) is 19.2. The lowest BCUT2D eigenvalue weighted by molar-refractivity contribution is -0.119. The van der Waals surface area contributed by atoms with Gasteiger partial charge in [-0.15, -0.1) is 10.2 Å². The number of hydrazone groups is 1. The van der Waals surface area contributed by atoms with E-state index < -0.39 is 0 Å². The maximum atomic E-state index is 12.1. The van der Waals surface area contributed by atoms with Crippen LogP contribution in [0.1, 0.15) is 43.7 Å². The van der Waals surface area contributed by atoms with Crippen molar-refractivity contribution in [1.82, 2.24) is 26.3 Å². The molecule has 0 aliphatic carbocycles. The number of nitrogens with one attached hydrogen (secondary N) is 4. The van der Waals surface area contributed by atoms with E-state index in [0.29, 0.717) is 16.7 Å². The number of thioether (sulfide) groups is 1. The molecule has 1 aromatic carbocycles. The van der Waals surface area contributed by atoms with Crippen LogP contribution in [0, 0.1) is 0 Å². The Bertz CT molecular complexity index is 902. The summed E-state index contributed by atoms with van der Waals surface area (Å²) in [4.78, 5) is 23.8. The lowest BCUT2D eigenvalue weighted by Crippen LogP contribution is -2.34. The molecule has 0 bridgehead atoms. The monoisotopic (exact) mass is 461 g/mol. The van der Waals surface area contributed by atoms with Gasteiger partial charge < -0.3 is 10.6 Å². The van der Waals surface area contributed by atoms with Gasteiger partial charge in [-0.05, 0) is 32.3 Å². The summed E-state index contributed by atoms with van der Waals surface area (Å²) in [6, 6.07) is 9.43. The van der Waals surface area contributed by atoms with Crippen LogP contribution in [0.3, 0.4) is 0 Å². The molecule has 4 N–H and O–H groups in total. The van der Waals surface area contributed by atoms with Crippen molar-refractivity contribution in [2.24, 2.45) is 5.10 Å². The van der Waals surface area contributed by atoms with E-state index in [4.69, 9.17) is 0 Å². The quantitative estimate of drug-likeness (QED) is 0.426. The molecule has 166 valence electrons. The topological polar surface area (TPSA) is 120 Å². The molecule has 31 heavy (non-hydrogen) atoms. The number of hydrogen-bond acceptors (Lipinski definition) is 8. The molecule has 1 atom stereocenters. The molecular weight excluding hydrogens is 434 g/mol. The third-order valence-corrected chi connectivity index (χ3v) is 6.17. The van der Waals surface area contributed by atoms with E-state index in [2.05, 4.69) is 36.7 Å². The largest absolute Gasteiger partial charge is 0.336 e. The van der Waals surface area contributed by atoms with Crippen molar-refractivity contribution in [3.05, 3.63) is 40.9 Å². The fourth-order valence-corrected chi connectivity index (χ4v) is 4.56. The van der Waals surface area contributed by atoms with Crippen molar-refractivity contribution in [3.8, 4) is 0 Å². The summed E-state index contributed by atoms with van der Waals surface area (Å²) in [5.41, 5.74) is 4.05. The normalized spacial score (nSPS) is 15.3. The Balaban J connectivity index is 1.29. The second kappa shape index (κ2) is 11.7. The fourth-order valence-electron chi connectivity index (χ4n) is 2.85. The number of aryl methyl sites for hydroxylation is 1. The number of nitrogens with zero attached hydrogens (tertiary/aromatic N) is 3. The number of carbonyl (C=O) groups is 2. The standard InChI is InChI=1S/C20H27N7O2S2/c1-13(2)21-18(29)23-20-27-25-17(31-20)11-7-6-10-16-24-26-19(30-16)22-15(28)12-14-8-4-3-5-9-14/h3-5,8-9,13,16,24H,6-7,10-12H2,1-2H3,(H,22,26,28)(H2,21,23,27,29). The Morgan fingerprint density at radius 3 is 2.71 bits per heavy atom. The van der Waals surface area contributed by atoms with E-state index >= 15 is 0 Å². The zero-order valence-electron chi connectivity index (χ0n) is 17.6. The van der Waals surface area contributed by atoms with E-state index in [0.717, 1.165) is 36.3 Å². The van der Waals surface area contributed by atoms with Gasteiger partial charge in [0, 0.05) is 12.5 Å². The van der Waals surface area contributed by atoms with Gasteiger partial charge >= 0.3 is 6.03 Å². The number of aromatic nitrogens is 2. The molecular formula is C20H27N7O2S2. The van der Waals surface area contributed by atoms with E-state index in [1.807, 2.05) is 44.2 Å². The number of unbranched alkanes of at least 4 members (excludes halogenated alkanes) is 1. The molecule has 2 aromatic rings. The average molecular weight is 462 g/mol. The first-order chi connectivity index (χ1) is 15.0. The molecule has 1 aliphatic heterocycles. The fraction of sp³-hybridized carbons (Fsp3) is 0.450. The third-order valence-electron chi connectivity index (χ3n) is 4.23. The smallest absolute Gasteiger partial charge is 0.321 e. The summed E-state index contributed by atoms with van der Waals surface area (Å²) < 4.78 is 0. The van der Waals surface area contributed by atoms with Crippen molar-refractivity contribution < 1.29 is 9.59 Å². The van der Waals surface area contributed by atoms with Crippen molar-refractivity contribution in [2.45, 2.75) is 57.4 Å². The summed E-state index contributed by atoms with van der Waals surface area (Å²) >= 11 is 2.93. The minimum atomic E-state index is -0.270. The highest BCUT2D eigenvalue weighted by Gasteiger charge is 2.20. The van der Waals surface area contributed by atoms with Crippen LogP contribution in [0.5, 0.6) is 0 Å². The summed E-state index contributed by atoms with van der Waals surface area (Å²) in [7, 11) is 0. The van der Waals surface area contributed by atoms with Crippen molar-refractivity contribution in [2.75, 3.05) is 5.32 Å². The molecule has 3 rings (SSSR count). The average Bonchev–Trinajstić information content (AvgIpc) is 3.34. The van der Waals surface area contributed by atoms with Crippen LogP contribution in [0.4, 0.5) is 9.93 Å². The molecule has 1 aromatic heterocycles. The summed E-state index contributed by atoms with van der Waals surface area (Å²) in [5.74, 6) is -0.0670. The Morgan fingerprint density at radius 2 is 1.94 bits per heavy atom. The number of anilines is 1. The van der Waals surface area contributed by atoms with Gasteiger partial charge in [0.1, 0.15) is 5.01 Å². The van der Waals surface area contributed by atoms with Crippen molar-refractivity contribution in [3.63, 3.8) is 0 Å². The highest BCUT2D eigenvalue weighted by Crippen LogP contribution is 2.22. The molecule has 0 spiro atoms. The van der Waals surface area contributed by atoms with Gasteiger partial charge in [-0.3, -0.25) is 15.5 Å². The number of amidine groups is 1. The molecule has 11 heteroatoms. The molecule has 0 radical (unpaired) electrons. The van der Waals surface area contributed by atoms with Gasteiger partial charge in [-0.2, -0.15) is 5.10 Å².